The quantitative estimate of drug-likeness (QED) is 0.736. The molecule has 0 bridgehead atoms. The molecule has 0 aromatic carbocycles. The van der Waals surface area contributed by atoms with E-state index in [1.54, 1.807) is 0 Å². The third-order valence-corrected chi connectivity index (χ3v) is 3.12. The lowest BCUT2D eigenvalue weighted by Crippen LogP contribution is -2.30. The molecule has 13 heavy (non-hydrogen) atoms. The van der Waals surface area contributed by atoms with Crippen LogP contribution in [-0.4, -0.2) is 16.5 Å². The minimum Gasteiger partial charge on any atom is -0.345 e. The third kappa shape index (κ3) is 1.48. The van der Waals surface area contributed by atoms with Crippen molar-refractivity contribution in [3.63, 3.8) is 0 Å². The molecule has 3 N–H and O–H groups in total. The van der Waals surface area contributed by atoms with Crippen LogP contribution in [0.3, 0.4) is 0 Å². The molecule has 0 radical (unpaired) electrons. The second-order valence-corrected chi connectivity index (χ2v) is 4.20. The Morgan fingerprint density at radius 1 is 1.62 bits per heavy atom. The summed E-state index contributed by atoms with van der Waals surface area (Å²) in [6.45, 7) is 2.97. The minimum atomic E-state index is 0.375. The van der Waals surface area contributed by atoms with Gasteiger partial charge in [-0.25, -0.2) is 4.98 Å². The van der Waals surface area contributed by atoms with Crippen molar-refractivity contribution in [1.82, 2.24) is 9.97 Å². The zero-order valence-corrected chi connectivity index (χ0v) is 8.14. The van der Waals surface area contributed by atoms with Gasteiger partial charge >= 0.3 is 0 Å². The molecule has 0 aliphatic heterocycles. The zero-order chi connectivity index (χ0) is 9.31. The maximum absolute atomic E-state index is 5.47. The molecule has 0 amide bonds. The number of imidazole rings is 1. The lowest BCUT2D eigenvalue weighted by atomic mass is 9.68. The van der Waals surface area contributed by atoms with Crippen molar-refractivity contribution in [3.05, 3.63) is 17.7 Å². The van der Waals surface area contributed by atoms with E-state index in [2.05, 4.69) is 16.9 Å². The maximum Gasteiger partial charge on any atom is 0.107 e. The smallest absolute Gasteiger partial charge is 0.107 e. The van der Waals surface area contributed by atoms with E-state index in [1.807, 2.05) is 6.20 Å². The first-order valence-electron chi connectivity index (χ1n) is 4.99. The predicted octanol–water partition coefficient (Wildman–Crippen LogP) is 1.35. The van der Waals surface area contributed by atoms with Crippen LogP contribution in [0.5, 0.6) is 0 Å². The molecule has 0 unspecified atom stereocenters. The molecule has 0 atom stereocenters. The van der Waals surface area contributed by atoms with Crippen LogP contribution in [0.2, 0.25) is 0 Å². The summed E-state index contributed by atoms with van der Waals surface area (Å²) in [5.41, 5.74) is 7.13. The molecule has 1 aromatic heterocycles. The van der Waals surface area contributed by atoms with Gasteiger partial charge in [0.25, 0.3) is 0 Å². The van der Waals surface area contributed by atoms with Gasteiger partial charge in [-0.1, -0.05) is 13.3 Å². The Labute approximate surface area is 78.7 Å². The molecule has 1 heterocycles. The topological polar surface area (TPSA) is 54.7 Å². The van der Waals surface area contributed by atoms with E-state index >= 15 is 0 Å². The van der Waals surface area contributed by atoms with Gasteiger partial charge in [-0.2, -0.15) is 0 Å². The first kappa shape index (κ1) is 8.75. The van der Waals surface area contributed by atoms with Crippen LogP contribution in [0.15, 0.2) is 6.20 Å². The molecule has 1 aliphatic rings. The Kier molecular flexibility index (Phi) is 2.12. The Bertz CT molecular complexity index is 286. The number of aromatic amines is 1. The highest BCUT2D eigenvalue weighted by Gasteiger charge is 2.34. The van der Waals surface area contributed by atoms with Crippen LogP contribution >= 0.6 is 0 Å². The van der Waals surface area contributed by atoms with Crippen molar-refractivity contribution in [1.29, 1.82) is 0 Å². The van der Waals surface area contributed by atoms with Crippen molar-refractivity contribution in [3.8, 4) is 0 Å². The number of nitrogens with two attached hydrogens (primary N) is 1. The van der Waals surface area contributed by atoms with Crippen molar-refractivity contribution in [2.45, 2.75) is 38.0 Å². The fourth-order valence-electron chi connectivity index (χ4n) is 1.91. The van der Waals surface area contributed by atoms with Gasteiger partial charge in [0.2, 0.25) is 0 Å². The van der Waals surface area contributed by atoms with E-state index in [0.717, 1.165) is 12.2 Å². The Balaban J connectivity index is 2.12. The van der Waals surface area contributed by atoms with E-state index in [4.69, 9.17) is 5.73 Å². The summed E-state index contributed by atoms with van der Waals surface area (Å²) in [6, 6.07) is 0. The Morgan fingerprint density at radius 3 is 2.92 bits per heavy atom. The maximum atomic E-state index is 5.47. The van der Waals surface area contributed by atoms with Crippen LogP contribution < -0.4 is 5.73 Å². The first-order chi connectivity index (χ1) is 6.24. The summed E-state index contributed by atoms with van der Waals surface area (Å²) < 4.78 is 0. The van der Waals surface area contributed by atoms with E-state index in [1.165, 1.54) is 25.0 Å². The van der Waals surface area contributed by atoms with Gasteiger partial charge in [0, 0.05) is 23.7 Å². The monoisotopic (exact) mass is 179 g/mol. The third-order valence-electron chi connectivity index (χ3n) is 3.12. The van der Waals surface area contributed by atoms with Crippen LogP contribution in [0, 0.1) is 0 Å². The standard InChI is InChI=1S/C10H17N3/c1-10(4-2-5-10)8-7-12-9(13-8)3-6-11/h7H,2-6,11H2,1H3,(H,12,13). The van der Waals surface area contributed by atoms with E-state index in [-0.39, 0.29) is 0 Å². The molecule has 3 heteroatoms. The number of nitrogens with zero attached hydrogens (tertiary/aromatic N) is 1. The van der Waals surface area contributed by atoms with Gasteiger partial charge in [0.05, 0.1) is 0 Å². The average Bonchev–Trinajstić information content (AvgIpc) is 2.50. The van der Waals surface area contributed by atoms with Crippen molar-refractivity contribution in [2.24, 2.45) is 5.73 Å². The predicted molar refractivity (Wildman–Crippen MR) is 52.5 cm³/mol. The van der Waals surface area contributed by atoms with Crippen molar-refractivity contribution < 1.29 is 0 Å². The molecule has 2 rings (SSSR count). The lowest BCUT2D eigenvalue weighted by molar-refractivity contribution is 0.265. The molecule has 1 aliphatic carbocycles. The van der Waals surface area contributed by atoms with Gasteiger partial charge in [-0.05, 0) is 19.4 Å². The summed E-state index contributed by atoms with van der Waals surface area (Å²) in [6.07, 6.45) is 6.76. The highest BCUT2D eigenvalue weighted by molar-refractivity contribution is 5.17. The molecule has 1 saturated carbocycles. The molecule has 72 valence electrons. The summed E-state index contributed by atoms with van der Waals surface area (Å²) in [5.74, 6) is 1.03. The molecular formula is C10H17N3. The molecule has 1 aromatic rings. The molecule has 1 fully saturated rings. The first-order valence-corrected chi connectivity index (χ1v) is 4.99. The Hall–Kier alpha value is -0.830. The second kappa shape index (κ2) is 3.14. The summed E-state index contributed by atoms with van der Waals surface area (Å²) in [7, 11) is 0. The summed E-state index contributed by atoms with van der Waals surface area (Å²) >= 11 is 0. The lowest BCUT2D eigenvalue weighted by Gasteiger charge is -2.37. The Morgan fingerprint density at radius 2 is 2.38 bits per heavy atom. The van der Waals surface area contributed by atoms with Gasteiger partial charge in [0.1, 0.15) is 5.82 Å². The second-order valence-electron chi connectivity index (χ2n) is 4.20. The van der Waals surface area contributed by atoms with Crippen LogP contribution in [0.25, 0.3) is 0 Å². The van der Waals surface area contributed by atoms with Gasteiger partial charge < -0.3 is 10.7 Å². The van der Waals surface area contributed by atoms with Gasteiger partial charge in [0.15, 0.2) is 0 Å². The summed E-state index contributed by atoms with van der Waals surface area (Å²) in [5, 5.41) is 0. The number of hydrogen-bond acceptors (Lipinski definition) is 2. The largest absolute Gasteiger partial charge is 0.345 e. The van der Waals surface area contributed by atoms with Gasteiger partial charge in [-0.15, -0.1) is 0 Å². The molecule has 3 nitrogen and oxygen atoms in total. The molecule has 0 saturated heterocycles. The van der Waals surface area contributed by atoms with E-state index in [9.17, 15) is 0 Å². The van der Waals surface area contributed by atoms with Gasteiger partial charge in [-0.3, -0.25) is 0 Å². The summed E-state index contributed by atoms with van der Waals surface area (Å²) in [4.78, 5) is 7.68. The van der Waals surface area contributed by atoms with Crippen molar-refractivity contribution >= 4 is 0 Å². The zero-order valence-electron chi connectivity index (χ0n) is 8.14. The highest BCUT2D eigenvalue weighted by atomic mass is 14.9. The minimum absolute atomic E-state index is 0.375. The normalized spacial score (nSPS) is 19.8. The number of aromatic nitrogens is 2. The van der Waals surface area contributed by atoms with Crippen LogP contribution in [0.1, 0.15) is 37.7 Å². The molecular weight excluding hydrogens is 162 g/mol. The molecule has 0 spiro atoms. The number of hydrogen-bond donors (Lipinski definition) is 2. The van der Waals surface area contributed by atoms with Crippen LogP contribution in [-0.2, 0) is 11.8 Å². The fraction of sp³-hybridized carbons (Fsp3) is 0.700. The number of H-pyrrole nitrogens is 1. The van der Waals surface area contributed by atoms with E-state index in [0.29, 0.717) is 12.0 Å². The number of rotatable bonds is 3. The van der Waals surface area contributed by atoms with Crippen molar-refractivity contribution in [2.75, 3.05) is 6.54 Å². The van der Waals surface area contributed by atoms with E-state index < -0.39 is 0 Å². The number of nitrogens with one attached hydrogen (secondary N) is 1. The van der Waals surface area contributed by atoms with Crippen LogP contribution in [0.4, 0.5) is 0 Å². The average molecular weight is 179 g/mol. The SMILES string of the molecule is CC1(c2cnc(CCN)[nH]2)CCC1. The highest BCUT2D eigenvalue weighted by Crippen LogP contribution is 2.42. The fourth-order valence-corrected chi connectivity index (χ4v) is 1.91.